The molecule has 1 aromatic carbocycles. The Hall–Kier alpha value is -1.50. The van der Waals surface area contributed by atoms with Crippen LogP contribution in [0, 0.1) is 0 Å². The third kappa shape index (κ3) is 7.56. The minimum Gasteiger partial charge on any atom is -1.00 e. The van der Waals surface area contributed by atoms with Gasteiger partial charge in [-0.1, -0.05) is 32.9 Å². The van der Waals surface area contributed by atoms with Crippen LogP contribution in [-0.2, 0) is 10.2 Å². The van der Waals surface area contributed by atoms with Gasteiger partial charge in [-0.15, -0.1) is 0 Å². The summed E-state index contributed by atoms with van der Waals surface area (Å²) in [7, 11) is 0. The van der Waals surface area contributed by atoms with Crippen molar-refractivity contribution in [1.29, 1.82) is 0 Å². The summed E-state index contributed by atoms with van der Waals surface area (Å²) in [6.45, 7) is 12.6. The van der Waals surface area contributed by atoms with Crippen LogP contribution in [-0.4, -0.2) is 68.1 Å². The lowest BCUT2D eigenvalue weighted by atomic mass is 9.87. The second-order valence-electron chi connectivity index (χ2n) is 7.88. The molecule has 2 rings (SSSR count). The molecule has 1 saturated heterocycles. The zero-order valence-electron chi connectivity index (χ0n) is 16.8. The number of aliphatic hydroxyl groups is 1. The van der Waals surface area contributed by atoms with Gasteiger partial charge in [0, 0.05) is 0 Å². The van der Waals surface area contributed by atoms with E-state index in [1.54, 1.807) is 4.90 Å². The first-order chi connectivity index (χ1) is 12.3. The average Bonchev–Trinajstić information content (AvgIpc) is 2.60. The highest BCUT2D eigenvalue weighted by Gasteiger charge is 2.26. The third-order valence-corrected chi connectivity index (χ3v) is 4.68. The van der Waals surface area contributed by atoms with E-state index in [2.05, 4.69) is 32.9 Å². The van der Waals surface area contributed by atoms with Gasteiger partial charge >= 0.3 is 6.09 Å². The van der Waals surface area contributed by atoms with E-state index in [9.17, 15) is 9.90 Å². The minimum absolute atomic E-state index is 0. The molecule has 1 aromatic rings. The zero-order valence-corrected chi connectivity index (χ0v) is 17.6. The Labute approximate surface area is 168 Å². The molecule has 0 spiro atoms. The maximum absolute atomic E-state index is 11.7. The summed E-state index contributed by atoms with van der Waals surface area (Å²) in [4.78, 5) is 14.7. The molecule has 7 heteroatoms. The van der Waals surface area contributed by atoms with Gasteiger partial charge in [0.15, 0.2) is 0 Å². The summed E-state index contributed by atoms with van der Waals surface area (Å²) in [5.41, 5.74) is 1.38. The molecular weight excluding hydrogens is 368 g/mol. The minimum atomic E-state index is -0.526. The van der Waals surface area contributed by atoms with Gasteiger partial charge in [-0.3, -0.25) is 4.90 Å². The van der Waals surface area contributed by atoms with Gasteiger partial charge in [0.1, 0.15) is 25.0 Å². The van der Waals surface area contributed by atoms with Crippen molar-refractivity contribution in [2.75, 3.05) is 45.9 Å². The Bertz CT molecular complexity index is 566. The zero-order chi connectivity index (χ0) is 19.2. The number of piperazine rings is 1. The number of benzene rings is 1. The van der Waals surface area contributed by atoms with Gasteiger partial charge in [0.25, 0.3) is 0 Å². The highest BCUT2D eigenvalue weighted by Crippen LogP contribution is 2.24. The number of rotatable bonds is 6. The van der Waals surface area contributed by atoms with Crippen LogP contribution in [0.25, 0.3) is 0 Å². The molecule has 27 heavy (non-hydrogen) atoms. The summed E-state index contributed by atoms with van der Waals surface area (Å²) < 4.78 is 10.7. The number of quaternary nitrogens is 1. The quantitative estimate of drug-likeness (QED) is 0.584. The summed E-state index contributed by atoms with van der Waals surface area (Å²) in [6.07, 6.45) is -0.768. The number of ether oxygens (including phenoxy) is 2. The van der Waals surface area contributed by atoms with Crippen molar-refractivity contribution in [3.8, 4) is 5.75 Å². The molecular formula is C20H33ClN2O4. The van der Waals surface area contributed by atoms with Gasteiger partial charge in [-0.2, -0.15) is 0 Å². The molecule has 0 saturated carbocycles. The number of hydrogen-bond donors (Lipinski definition) is 2. The van der Waals surface area contributed by atoms with Crippen molar-refractivity contribution in [2.24, 2.45) is 0 Å². The van der Waals surface area contributed by atoms with Crippen LogP contribution in [0.5, 0.6) is 5.75 Å². The first kappa shape index (κ1) is 23.5. The fourth-order valence-corrected chi connectivity index (χ4v) is 3.06. The van der Waals surface area contributed by atoms with E-state index >= 15 is 0 Å². The molecule has 0 radical (unpaired) electrons. The van der Waals surface area contributed by atoms with E-state index in [-0.39, 0.29) is 30.5 Å². The lowest BCUT2D eigenvalue weighted by Crippen LogP contribution is -3.16. The van der Waals surface area contributed by atoms with Crippen LogP contribution < -0.4 is 22.0 Å². The van der Waals surface area contributed by atoms with E-state index in [0.717, 1.165) is 18.8 Å². The number of nitrogens with zero attached hydrogens (tertiary/aromatic N) is 1. The van der Waals surface area contributed by atoms with Gasteiger partial charge < -0.3 is 31.9 Å². The SMILES string of the molecule is CCOC(=O)N1CC[NH+](CC(O)COc2ccc(C(C)(C)C)cc2)CC1.[Cl-]. The fourth-order valence-electron chi connectivity index (χ4n) is 3.06. The van der Waals surface area contributed by atoms with Gasteiger partial charge in [0.05, 0.1) is 32.8 Å². The van der Waals surface area contributed by atoms with E-state index in [4.69, 9.17) is 9.47 Å². The van der Waals surface area contributed by atoms with E-state index in [0.29, 0.717) is 26.2 Å². The highest BCUT2D eigenvalue weighted by molar-refractivity contribution is 5.67. The standard InChI is InChI=1S/C20H32N2O4.ClH/c1-5-25-19(24)22-12-10-21(11-13-22)14-17(23)15-26-18-8-6-16(7-9-18)20(2,3)4;/h6-9,17,23H,5,10-15H2,1-4H3;1H. The molecule has 1 unspecified atom stereocenters. The van der Waals surface area contributed by atoms with Gasteiger partial charge in [0.2, 0.25) is 0 Å². The summed E-state index contributed by atoms with van der Waals surface area (Å²) >= 11 is 0. The van der Waals surface area contributed by atoms with Crippen molar-refractivity contribution in [2.45, 2.75) is 39.2 Å². The Morgan fingerprint density at radius 3 is 2.33 bits per heavy atom. The predicted octanol–water partition coefficient (Wildman–Crippen LogP) is -1.92. The first-order valence-electron chi connectivity index (χ1n) is 9.46. The third-order valence-electron chi connectivity index (χ3n) is 4.68. The number of aliphatic hydroxyl groups excluding tert-OH is 1. The number of carbonyl (C=O) groups excluding carboxylic acids is 1. The van der Waals surface area contributed by atoms with Crippen molar-refractivity contribution in [3.63, 3.8) is 0 Å². The number of hydrogen-bond acceptors (Lipinski definition) is 4. The number of nitrogens with one attached hydrogen (secondary N) is 1. The topological polar surface area (TPSA) is 63.4 Å². The number of halogens is 1. The van der Waals surface area contributed by atoms with Crippen LogP contribution in [0.4, 0.5) is 4.79 Å². The van der Waals surface area contributed by atoms with E-state index < -0.39 is 6.10 Å². The highest BCUT2D eigenvalue weighted by atomic mass is 35.5. The van der Waals surface area contributed by atoms with Crippen LogP contribution in [0.3, 0.4) is 0 Å². The monoisotopic (exact) mass is 400 g/mol. The Kier molecular flexibility index (Phi) is 9.36. The molecule has 6 nitrogen and oxygen atoms in total. The lowest BCUT2D eigenvalue weighted by Gasteiger charge is -2.32. The van der Waals surface area contributed by atoms with Crippen LogP contribution in [0.1, 0.15) is 33.3 Å². The van der Waals surface area contributed by atoms with Crippen LogP contribution >= 0.6 is 0 Å². The van der Waals surface area contributed by atoms with Gasteiger partial charge in [-0.05, 0) is 30.0 Å². The van der Waals surface area contributed by atoms with E-state index in [1.165, 1.54) is 10.5 Å². The van der Waals surface area contributed by atoms with Crippen LogP contribution in [0.2, 0.25) is 0 Å². The average molecular weight is 401 g/mol. The molecule has 0 aromatic heterocycles. The normalized spacial score (nSPS) is 16.4. The van der Waals surface area contributed by atoms with Crippen molar-refractivity contribution >= 4 is 6.09 Å². The van der Waals surface area contributed by atoms with Crippen molar-refractivity contribution in [3.05, 3.63) is 29.8 Å². The predicted molar refractivity (Wildman–Crippen MR) is 101 cm³/mol. The fraction of sp³-hybridized carbons (Fsp3) is 0.650. The Balaban J connectivity index is 0.00000364. The molecule has 1 heterocycles. The number of amides is 1. The summed E-state index contributed by atoms with van der Waals surface area (Å²) in [5.74, 6) is 0.777. The van der Waals surface area contributed by atoms with Crippen molar-refractivity contribution in [1.82, 2.24) is 4.90 Å². The second kappa shape index (κ2) is 10.7. The molecule has 2 N–H and O–H groups in total. The molecule has 1 atom stereocenters. The maximum atomic E-state index is 11.7. The second-order valence-corrected chi connectivity index (χ2v) is 7.88. The Morgan fingerprint density at radius 1 is 1.22 bits per heavy atom. The number of carbonyl (C=O) groups is 1. The molecule has 154 valence electrons. The van der Waals surface area contributed by atoms with Crippen molar-refractivity contribution < 1.29 is 36.7 Å². The molecule has 1 fully saturated rings. The largest absolute Gasteiger partial charge is 1.00 e. The maximum Gasteiger partial charge on any atom is 0.410 e. The van der Waals surface area contributed by atoms with Crippen LogP contribution in [0.15, 0.2) is 24.3 Å². The van der Waals surface area contributed by atoms with Gasteiger partial charge in [-0.25, -0.2) is 4.79 Å². The molecule has 0 aliphatic carbocycles. The molecule has 1 aliphatic heterocycles. The molecule has 0 bridgehead atoms. The van der Waals surface area contributed by atoms with E-state index in [1.807, 2.05) is 19.1 Å². The smallest absolute Gasteiger partial charge is 0.410 e. The molecule has 1 amide bonds. The molecule has 1 aliphatic rings. The first-order valence-corrected chi connectivity index (χ1v) is 9.46. The Morgan fingerprint density at radius 2 is 1.81 bits per heavy atom. The summed E-state index contributed by atoms with van der Waals surface area (Å²) in [6, 6.07) is 8.06. The summed E-state index contributed by atoms with van der Waals surface area (Å²) in [5, 5.41) is 10.3. The lowest BCUT2D eigenvalue weighted by molar-refractivity contribution is -0.907.